The first-order chi connectivity index (χ1) is 9.72. The largest absolute Gasteiger partial charge is 0.294 e. The number of benzene rings is 1. The molecule has 0 aliphatic heterocycles. The van der Waals surface area contributed by atoms with Crippen molar-refractivity contribution in [2.75, 3.05) is 0 Å². The molecule has 100 valence electrons. The molecule has 2 aromatic heterocycles. The van der Waals surface area contributed by atoms with Crippen LogP contribution in [0.4, 0.5) is 0 Å². The molecule has 0 radical (unpaired) electrons. The summed E-state index contributed by atoms with van der Waals surface area (Å²) in [5.74, 6) is 0.575. The van der Waals surface area contributed by atoms with Gasteiger partial charge in [0, 0.05) is 6.42 Å². The highest BCUT2D eigenvalue weighted by Gasteiger charge is 2.27. The summed E-state index contributed by atoms with van der Waals surface area (Å²) in [6.45, 7) is 2.11. The monoisotopic (exact) mass is 283 g/mol. The molecule has 0 saturated heterocycles. The molecule has 20 heavy (non-hydrogen) atoms. The van der Waals surface area contributed by atoms with Crippen molar-refractivity contribution in [3.05, 3.63) is 41.7 Å². The Morgan fingerprint density at radius 3 is 3.00 bits per heavy atom. The number of rotatable bonds is 1. The van der Waals surface area contributed by atoms with Gasteiger partial charge in [0.2, 0.25) is 5.13 Å². The highest BCUT2D eigenvalue weighted by atomic mass is 32.1. The van der Waals surface area contributed by atoms with Gasteiger partial charge < -0.3 is 0 Å². The summed E-state index contributed by atoms with van der Waals surface area (Å²) in [5, 5.41) is 5.23. The Balaban J connectivity index is 1.89. The van der Waals surface area contributed by atoms with Gasteiger partial charge in [0.25, 0.3) is 0 Å². The molecule has 0 fully saturated rings. The van der Waals surface area contributed by atoms with E-state index in [2.05, 4.69) is 23.1 Å². The number of nitrogens with zero attached hydrogens (tertiary/aromatic N) is 3. The van der Waals surface area contributed by atoms with Crippen LogP contribution in [-0.2, 0) is 6.42 Å². The van der Waals surface area contributed by atoms with Crippen molar-refractivity contribution in [3.63, 3.8) is 0 Å². The van der Waals surface area contributed by atoms with Crippen LogP contribution in [0.5, 0.6) is 0 Å². The van der Waals surface area contributed by atoms with E-state index < -0.39 is 0 Å². The van der Waals surface area contributed by atoms with E-state index in [-0.39, 0.29) is 5.78 Å². The lowest BCUT2D eigenvalue weighted by molar-refractivity contribution is 0.0953. The van der Waals surface area contributed by atoms with E-state index in [0.29, 0.717) is 12.3 Å². The van der Waals surface area contributed by atoms with E-state index in [9.17, 15) is 4.79 Å². The second-order valence-corrected chi connectivity index (χ2v) is 6.33. The summed E-state index contributed by atoms with van der Waals surface area (Å²) >= 11 is 1.61. The molecular formula is C15H13N3OS. The molecular weight excluding hydrogens is 270 g/mol. The fourth-order valence-electron chi connectivity index (χ4n) is 2.75. The standard InChI is InChI=1S/C15H13N3OS/c1-9-6-12-10(13(19)7-9)8-16-18(12)15-17-11-4-2-3-5-14(11)20-15/h2-5,8-9H,6-7H2,1H3. The number of aromatic nitrogens is 3. The summed E-state index contributed by atoms with van der Waals surface area (Å²) in [6.07, 6.45) is 3.20. The lowest BCUT2D eigenvalue weighted by Gasteiger charge is -2.17. The van der Waals surface area contributed by atoms with Gasteiger partial charge in [0.05, 0.1) is 27.7 Å². The van der Waals surface area contributed by atoms with Crippen LogP contribution in [0.1, 0.15) is 29.4 Å². The second kappa shape index (κ2) is 4.24. The predicted octanol–water partition coefficient (Wildman–Crippen LogP) is 3.25. The second-order valence-electron chi connectivity index (χ2n) is 5.32. The third kappa shape index (κ3) is 1.70. The minimum atomic E-state index is 0.200. The van der Waals surface area contributed by atoms with Crippen LogP contribution in [0.3, 0.4) is 0 Å². The molecule has 2 heterocycles. The van der Waals surface area contributed by atoms with Gasteiger partial charge in [-0.1, -0.05) is 30.4 Å². The zero-order valence-corrected chi connectivity index (χ0v) is 11.9. The molecule has 0 amide bonds. The molecule has 0 bridgehead atoms. The molecule has 1 aromatic carbocycles. The predicted molar refractivity (Wildman–Crippen MR) is 78.6 cm³/mol. The number of Topliss-reactive ketones (excluding diaryl/α,β-unsaturated/α-hetero) is 1. The maximum Gasteiger partial charge on any atom is 0.211 e. The molecule has 1 aliphatic rings. The average Bonchev–Trinajstić information content (AvgIpc) is 3.00. The number of para-hydroxylation sites is 1. The molecule has 1 aliphatic carbocycles. The topological polar surface area (TPSA) is 47.8 Å². The van der Waals surface area contributed by atoms with E-state index in [1.165, 1.54) is 0 Å². The number of thiazole rings is 1. The van der Waals surface area contributed by atoms with Crippen LogP contribution in [-0.4, -0.2) is 20.5 Å². The SMILES string of the molecule is CC1CC(=O)c2cnn(-c3nc4ccccc4s3)c2C1. The summed E-state index contributed by atoms with van der Waals surface area (Å²) < 4.78 is 2.98. The number of carbonyl (C=O) groups is 1. The number of hydrogen-bond donors (Lipinski definition) is 0. The summed E-state index contributed by atoms with van der Waals surface area (Å²) in [6, 6.07) is 8.05. The molecule has 1 unspecified atom stereocenters. The number of ketones is 1. The van der Waals surface area contributed by atoms with Crippen LogP contribution in [0.15, 0.2) is 30.5 Å². The van der Waals surface area contributed by atoms with E-state index in [4.69, 9.17) is 0 Å². The lowest BCUT2D eigenvalue weighted by atomic mass is 9.88. The highest BCUT2D eigenvalue weighted by Crippen LogP contribution is 2.30. The van der Waals surface area contributed by atoms with E-state index >= 15 is 0 Å². The molecule has 1 atom stereocenters. The molecule has 4 nitrogen and oxygen atoms in total. The Hall–Kier alpha value is -2.01. The van der Waals surface area contributed by atoms with Crippen LogP contribution in [0.2, 0.25) is 0 Å². The fraction of sp³-hybridized carbons (Fsp3) is 0.267. The van der Waals surface area contributed by atoms with Gasteiger partial charge in [-0.3, -0.25) is 4.79 Å². The van der Waals surface area contributed by atoms with Crippen LogP contribution < -0.4 is 0 Å². The third-order valence-corrected chi connectivity index (χ3v) is 4.72. The van der Waals surface area contributed by atoms with Crippen molar-refractivity contribution in [2.45, 2.75) is 19.8 Å². The molecule has 5 heteroatoms. The molecule has 3 aromatic rings. The zero-order chi connectivity index (χ0) is 13.7. The fourth-order valence-corrected chi connectivity index (χ4v) is 3.70. The van der Waals surface area contributed by atoms with E-state index in [1.54, 1.807) is 17.5 Å². The maximum absolute atomic E-state index is 12.0. The lowest BCUT2D eigenvalue weighted by Crippen LogP contribution is -2.19. The Morgan fingerprint density at radius 1 is 1.30 bits per heavy atom. The third-order valence-electron chi connectivity index (χ3n) is 3.71. The normalized spacial score (nSPS) is 18.4. The van der Waals surface area contributed by atoms with Gasteiger partial charge in [-0.25, -0.2) is 9.67 Å². The first kappa shape index (κ1) is 11.8. The Kier molecular flexibility index (Phi) is 2.50. The Bertz CT molecular complexity index is 785. The number of hydrogen-bond acceptors (Lipinski definition) is 4. The van der Waals surface area contributed by atoms with Gasteiger partial charge in [-0.15, -0.1) is 0 Å². The summed E-state index contributed by atoms with van der Waals surface area (Å²) in [4.78, 5) is 16.7. The smallest absolute Gasteiger partial charge is 0.211 e. The van der Waals surface area contributed by atoms with Gasteiger partial charge in [0.15, 0.2) is 5.78 Å². The van der Waals surface area contributed by atoms with E-state index in [1.807, 2.05) is 22.9 Å². The molecule has 0 spiro atoms. The quantitative estimate of drug-likeness (QED) is 0.688. The van der Waals surface area contributed by atoms with Gasteiger partial charge >= 0.3 is 0 Å². The van der Waals surface area contributed by atoms with Crippen LogP contribution >= 0.6 is 11.3 Å². The van der Waals surface area contributed by atoms with Gasteiger partial charge in [-0.05, 0) is 24.5 Å². The first-order valence-corrected chi connectivity index (χ1v) is 7.50. The van der Waals surface area contributed by atoms with Crippen molar-refractivity contribution < 1.29 is 4.79 Å². The Labute approximate surface area is 120 Å². The summed E-state index contributed by atoms with van der Waals surface area (Å²) in [7, 11) is 0. The molecule has 0 N–H and O–H groups in total. The van der Waals surface area contributed by atoms with Gasteiger partial charge in [0.1, 0.15) is 0 Å². The van der Waals surface area contributed by atoms with Crippen LogP contribution in [0.25, 0.3) is 15.3 Å². The zero-order valence-electron chi connectivity index (χ0n) is 11.0. The Morgan fingerprint density at radius 2 is 2.15 bits per heavy atom. The molecule has 0 saturated carbocycles. The first-order valence-electron chi connectivity index (χ1n) is 6.68. The van der Waals surface area contributed by atoms with Crippen molar-refractivity contribution in [1.82, 2.24) is 14.8 Å². The highest BCUT2D eigenvalue weighted by molar-refractivity contribution is 7.20. The number of fused-ring (bicyclic) bond motifs is 2. The van der Waals surface area contributed by atoms with Crippen LogP contribution in [0, 0.1) is 5.92 Å². The van der Waals surface area contributed by atoms with Gasteiger partial charge in [-0.2, -0.15) is 5.10 Å². The van der Waals surface area contributed by atoms with E-state index in [0.717, 1.165) is 33.0 Å². The number of carbonyl (C=O) groups excluding carboxylic acids is 1. The minimum Gasteiger partial charge on any atom is -0.294 e. The van der Waals surface area contributed by atoms with Crippen molar-refractivity contribution in [1.29, 1.82) is 0 Å². The maximum atomic E-state index is 12.0. The minimum absolute atomic E-state index is 0.200. The molecule has 4 rings (SSSR count). The van der Waals surface area contributed by atoms with Crippen molar-refractivity contribution >= 4 is 27.3 Å². The summed E-state index contributed by atoms with van der Waals surface area (Å²) in [5.41, 5.74) is 2.75. The average molecular weight is 283 g/mol. The van der Waals surface area contributed by atoms with Crippen molar-refractivity contribution in [2.24, 2.45) is 5.92 Å². The van der Waals surface area contributed by atoms with Crippen molar-refractivity contribution in [3.8, 4) is 5.13 Å².